The van der Waals surface area contributed by atoms with E-state index in [2.05, 4.69) is 37.2 Å². The van der Waals surface area contributed by atoms with E-state index < -0.39 is 6.04 Å². The topological polar surface area (TPSA) is 58.6 Å². The monoisotopic (exact) mass is 606 g/mol. The van der Waals surface area contributed by atoms with Crippen molar-refractivity contribution in [2.45, 2.75) is 25.9 Å². The maximum Gasteiger partial charge on any atom is 0.261 e. The molecule has 178 valence electrons. The van der Waals surface area contributed by atoms with Gasteiger partial charge in [-0.25, -0.2) is 0 Å². The first kappa shape index (κ1) is 26.3. The minimum atomic E-state index is -0.706. The van der Waals surface area contributed by atoms with Gasteiger partial charge in [-0.1, -0.05) is 85.9 Å². The van der Waals surface area contributed by atoms with Crippen LogP contribution in [-0.2, 0) is 22.6 Å². The zero-order valence-corrected chi connectivity index (χ0v) is 22.6. The van der Waals surface area contributed by atoms with E-state index in [-0.39, 0.29) is 25.0 Å². The average Bonchev–Trinajstić information content (AvgIpc) is 2.82. The molecule has 0 aliphatic rings. The molecule has 0 heterocycles. The summed E-state index contributed by atoms with van der Waals surface area (Å²) in [5.41, 5.74) is 1.87. The lowest BCUT2D eigenvalue weighted by Crippen LogP contribution is -2.51. The summed E-state index contributed by atoms with van der Waals surface area (Å²) in [6.45, 7) is 2.34. The second kappa shape index (κ2) is 12.9. The number of likely N-dealkylation sites (N-methyl/N-ethyl adjacent to an activating group) is 1. The SMILES string of the molecule is CCNC(=O)[C@H](Cc1ccccc1)N(Cc1ccc(Br)cc1)C(=O)COc1ccc(Br)cc1Cl. The molecule has 0 unspecified atom stereocenters. The van der Waals surface area contributed by atoms with Crippen molar-refractivity contribution in [3.63, 3.8) is 0 Å². The molecule has 0 aromatic heterocycles. The van der Waals surface area contributed by atoms with Gasteiger partial charge in [0.25, 0.3) is 5.91 Å². The Morgan fingerprint density at radius 3 is 2.29 bits per heavy atom. The Hall–Kier alpha value is -2.35. The van der Waals surface area contributed by atoms with Gasteiger partial charge in [0, 0.05) is 28.5 Å². The van der Waals surface area contributed by atoms with E-state index in [1.54, 1.807) is 23.1 Å². The standard InChI is InChI=1S/C26H25Br2ClN2O3/c1-2-30-26(33)23(14-18-6-4-3-5-7-18)31(16-19-8-10-20(27)11-9-19)25(32)17-34-24-13-12-21(28)15-22(24)29/h3-13,15,23H,2,14,16-17H2,1H3,(H,30,33)/t23-/m0/s1. The summed E-state index contributed by atoms with van der Waals surface area (Å²) < 4.78 is 7.50. The fourth-order valence-electron chi connectivity index (χ4n) is 3.45. The Morgan fingerprint density at radius 1 is 0.971 bits per heavy atom. The number of rotatable bonds is 10. The molecule has 0 aliphatic carbocycles. The van der Waals surface area contributed by atoms with Crippen LogP contribution >= 0.6 is 43.5 Å². The van der Waals surface area contributed by atoms with Crippen molar-refractivity contribution in [3.8, 4) is 5.75 Å². The van der Waals surface area contributed by atoms with Crippen LogP contribution in [0.2, 0.25) is 5.02 Å². The van der Waals surface area contributed by atoms with Crippen molar-refractivity contribution < 1.29 is 14.3 Å². The number of ether oxygens (including phenoxy) is 1. The number of hydrogen-bond donors (Lipinski definition) is 1. The first-order chi connectivity index (χ1) is 16.4. The Balaban J connectivity index is 1.89. The Labute approximate surface area is 221 Å². The van der Waals surface area contributed by atoms with Crippen LogP contribution in [0.1, 0.15) is 18.1 Å². The van der Waals surface area contributed by atoms with E-state index in [9.17, 15) is 9.59 Å². The molecule has 0 saturated heterocycles. The predicted molar refractivity (Wildman–Crippen MR) is 142 cm³/mol. The largest absolute Gasteiger partial charge is 0.482 e. The van der Waals surface area contributed by atoms with Crippen molar-refractivity contribution >= 4 is 55.3 Å². The molecule has 34 heavy (non-hydrogen) atoms. The third kappa shape index (κ3) is 7.58. The second-order valence-electron chi connectivity index (χ2n) is 7.61. The number of amides is 2. The molecule has 0 bridgehead atoms. The van der Waals surface area contributed by atoms with E-state index in [4.69, 9.17) is 16.3 Å². The fourth-order valence-corrected chi connectivity index (χ4v) is 4.44. The number of carbonyl (C=O) groups excluding carboxylic acids is 2. The van der Waals surface area contributed by atoms with Crippen LogP contribution in [0.4, 0.5) is 0 Å². The highest BCUT2D eigenvalue weighted by atomic mass is 79.9. The van der Waals surface area contributed by atoms with Crippen molar-refractivity contribution in [2.75, 3.05) is 13.2 Å². The first-order valence-corrected chi connectivity index (χ1v) is 12.8. The van der Waals surface area contributed by atoms with Crippen molar-refractivity contribution in [2.24, 2.45) is 0 Å². The fraction of sp³-hybridized carbons (Fsp3) is 0.231. The summed E-state index contributed by atoms with van der Waals surface area (Å²) in [4.78, 5) is 28.2. The van der Waals surface area contributed by atoms with Gasteiger partial charge in [0.2, 0.25) is 5.91 Å². The summed E-state index contributed by atoms with van der Waals surface area (Å²) in [6.07, 6.45) is 0.383. The summed E-state index contributed by atoms with van der Waals surface area (Å²) >= 11 is 13.0. The van der Waals surface area contributed by atoms with Crippen LogP contribution in [0.25, 0.3) is 0 Å². The molecule has 3 aromatic carbocycles. The quantitative estimate of drug-likeness (QED) is 0.306. The molecule has 5 nitrogen and oxygen atoms in total. The third-order valence-electron chi connectivity index (χ3n) is 5.13. The van der Waals surface area contributed by atoms with Crippen LogP contribution in [0.3, 0.4) is 0 Å². The molecule has 0 fully saturated rings. The molecule has 1 N–H and O–H groups in total. The zero-order valence-electron chi connectivity index (χ0n) is 18.6. The Bertz CT molecular complexity index is 1110. The highest BCUT2D eigenvalue weighted by Gasteiger charge is 2.30. The molecule has 0 spiro atoms. The summed E-state index contributed by atoms with van der Waals surface area (Å²) in [6, 6.07) is 21.8. The normalized spacial score (nSPS) is 11.5. The minimum absolute atomic E-state index is 0.210. The minimum Gasteiger partial charge on any atom is -0.482 e. The van der Waals surface area contributed by atoms with Gasteiger partial charge in [-0.2, -0.15) is 0 Å². The van der Waals surface area contributed by atoms with Gasteiger partial charge in [0.15, 0.2) is 6.61 Å². The van der Waals surface area contributed by atoms with Crippen LogP contribution in [0.5, 0.6) is 5.75 Å². The lowest BCUT2D eigenvalue weighted by Gasteiger charge is -2.31. The zero-order chi connectivity index (χ0) is 24.5. The summed E-state index contributed by atoms with van der Waals surface area (Å²) in [7, 11) is 0. The molecular formula is C26H25Br2ClN2O3. The smallest absolute Gasteiger partial charge is 0.261 e. The summed E-state index contributed by atoms with van der Waals surface area (Å²) in [5, 5.41) is 3.27. The van der Waals surface area contributed by atoms with Gasteiger partial charge in [-0.15, -0.1) is 0 Å². The van der Waals surface area contributed by atoms with Crippen LogP contribution in [-0.4, -0.2) is 35.9 Å². The van der Waals surface area contributed by atoms with E-state index in [0.717, 1.165) is 20.1 Å². The van der Waals surface area contributed by atoms with Gasteiger partial charge in [0.1, 0.15) is 11.8 Å². The van der Waals surface area contributed by atoms with Crippen molar-refractivity contribution in [3.05, 3.63) is 97.9 Å². The lowest BCUT2D eigenvalue weighted by molar-refractivity contribution is -0.142. The predicted octanol–water partition coefficient (Wildman–Crippen LogP) is 6.02. The molecular weight excluding hydrogens is 584 g/mol. The molecule has 0 radical (unpaired) electrons. The van der Waals surface area contributed by atoms with Gasteiger partial charge < -0.3 is 15.0 Å². The molecule has 0 saturated carbocycles. The number of halogens is 3. The van der Waals surface area contributed by atoms with Crippen LogP contribution in [0.15, 0.2) is 81.7 Å². The maximum atomic E-state index is 13.5. The number of carbonyl (C=O) groups is 2. The highest BCUT2D eigenvalue weighted by molar-refractivity contribution is 9.10. The molecule has 0 aliphatic heterocycles. The maximum absolute atomic E-state index is 13.5. The molecule has 1 atom stereocenters. The lowest BCUT2D eigenvalue weighted by atomic mass is 10.0. The van der Waals surface area contributed by atoms with E-state index in [0.29, 0.717) is 23.7 Å². The van der Waals surface area contributed by atoms with Crippen molar-refractivity contribution in [1.29, 1.82) is 0 Å². The molecule has 8 heteroatoms. The number of nitrogens with zero attached hydrogens (tertiary/aromatic N) is 1. The molecule has 3 aromatic rings. The number of nitrogens with one attached hydrogen (secondary N) is 1. The van der Waals surface area contributed by atoms with Gasteiger partial charge in [-0.3, -0.25) is 9.59 Å². The van der Waals surface area contributed by atoms with E-state index in [1.807, 2.05) is 61.5 Å². The van der Waals surface area contributed by atoms with Crippen LogP contribution in [0, 0.1) is 0 Å². The van der Waals surface area contributed by atoms with E-state index >= 15 is 0 Å². The second-order valence-corrected chi connectivity index (χ2v) is 9.85. The molecule has 3 rings (SSSR count). The Morgan fingerprint density at radius 2 is 1.65 bits per heavy atom. The molecule has 2 amide bonds. The number of benzene rings is 3. The van der Waals surface area contributed by atoms with Gasteiger partial charge >= 0.3 is 0 Å². The van der Waals surface area contributed by atoms with Gasteiger partial charge in [0.05, 0.1) is 5.02 Å². The van der Waals surface area contributed by atoms with Gasteiger partial charge in [-0.05, 0) is 48.4 Å². The number of hydrogen-bond acceptors (Lipinski definition) is 3. The van der Waals surface area contributed by atoms with Crippen LogP contribution < -0.4 is 10.1 Å². The third-order valence-corrected chi connectivity index (χ3v) is 6.45. The van der Waals surface area contributed by atoms with Crippen molar-refractivity contribution in [1.82, 2.24) is 10.2 Å². The Kier molecular flexibility index (Phi) is 9.99. The first-order valence-electron chi connectivity index (χ1n) is 10.8. The summed E-state index contributed by atoms with van der Waals surface area (Å²) in [5.74, 6) is -0.119. The van der Waals surface area contributed by atoms with E-state index in [1.165, 1.54) is 0 Å². The average molecular weight is 609 g/mol. The highest BCUT2D eigenvalue weighted by Crippen LogP contribution is 2.28.